The summed E-state index contributed by atoms with van der Waals surface area (Å²) in [5.41, 5.74) is 1.74. The van der Waals surface area contributed by atoms with Crippen LogP contribution in [0, 0.1) is 5.41 Å². The lowest BCUT2D eigenvalue weighted by molar-refractivity contribution is -0.137. The Morgan fingerprint density at radius 2 is 2.06 bits per heavy atom. The van der Waals surface area contributed by atoms with Crippen molar-refractivity contribution in [3.8, 4) is 0 Å². The van der Waals surface area contributed by atoms with Gasteiger partial charge in [-0.25, -0.2) is 0 Å². The van der Waals surface area contributed by atoms with Crippen LogP contribution in [0.3, 0.4) is 0 Å². The minimum Gasteiger partial charge on any atom is -0.481 e. The summed E-state index contributed by atoms with van der Waals surface area (Å²) in [7, 11) is 0. The number of carboxylic acids is 1. The van der Waals surface area contributed by atoms with Gasteiger partial charge in [0.25, 0.3) is 0 Å². The average Bonchev–Trinajstić information content (AvgIpc) is 2.43. The van der Waals surface area contributed by atoms with Crippen LogP contribution in [0.15, 0.2) is 11.1 Å². The Kier molecular flexibility index (Phi) is 3.89. The standard InChI is InChI=1S/C13H20O3/c1-9(2)10-6-8-13(3,12(10)16)7-4-5-11(14)15/h4-8H2,1-3H3,(H,14,15). The van der Waals surface area contributed by atoms with Gasteiger partial charge in [-0.1, -0.05) is 12.5 Å². The van der Waals surface area contributed by atoms with Gasteiger partial charge in [-0.05, 0) is 45.1 Å². The number of hydrogen-bond acceptors (Lipinski definition) is 2. The molecule has 1 rings (SSSR count). The van der Waals surface area contributed by atoms with E-state index in [2.05, 4.69) is 0 Å². The van der Waals surface area contributed by atoms with E-state index in [0.717, 1.165) is 24.0 Å². The quantitative estimate of drug-likeness (QED) is 0.747. The molecule has 1 saturated carbocycles. The van der Waals surface area contributed by atoms with Crippen molar-refractivity contribution in [1.29, 1.82) is 0 Å². The number of carbonyl (C=O) groups is 2. The van der Waals surface area contributed by atoms with Gasteiger partial charge in [-0.3, -0.25) is 9.59 Å². The third-order valence-corrected chi connectivity index (χ3v) is 3.47. The number of allylic oxidation sites excluding steroid dienone is 2. The highest BCUT2D eigenvalue weighted by molar-refractivity contribution is 6.02. The number of Topliss-reactive ketones (excluding diaryl/α,β-unsaturated/α-hetero) is 1. The summed E-state index contributed by atoms with van der Waals surface area (Å²) in [5, 5.41) is 8.58. The van der Waals surface area contributed by atoms with Crippen molar-refractivity contribution >= 4 is 11.8 Å². The summed E-state index contributed by atoms with van der Waals surface area (Å²) in [6.45, 7) is 5.90. The lowest BCUT2D eigenvalue weighted by atomic mass is 9.82. The first-order chi connectivity index (χ1) is 7.37. The van der Waals surface area contributed by atoms with Crippen LogP contribution < -0.4 is 0 Å². The first-order valence-corrected chi connectivity index (χ1v) is 5.80. The van der Waals surface area contributed by atoms with E-state index in [9.17, 15) is 9.59 Å². The molecule has 1 N–H and O–H groups in total. The zero-order chi connectivity index (χ0) is 12.3. The maximum Gasteiger partial charge on any atom is 0.303 e. The van der Waals surface area contributed by atoms with Crippen molar-refractivity contribution < 1.29 is 14.7 Å². The molecule has 0 heterocycles. The molecular weight excluding hydrogens is 204 g/mol. The fourth-order valence-electron chi connectivity index (χ4n) is 2.34. The second-order valence-electron chi connectivity index (χ2n) is 5.12. The van der Waals surface area contributed by atoms with Gasteiger partial charge in [0.15, 0.2) is 5.78 Å². The predicted octanol–water partition coefficient (Wildman–Crippen LogP) is 2.95. The molecule has 1 aliphatic carbocycles. The second kappa shape index (κ2) is 4.81. The Morgan fingerprint density at radius 3 is 2.50 bits per heavy atom. The number of aliphatic carboxylic acids is 1. The van der Waals surface area contributed by atoms with E-state index in [1.807, 2.05) is 20.8 Å². The Balaban J connectivity index is 2.63. The fraction of sp³-hybridized carbons (Fsp3) is 0.692. The lowest BCUT2D eigenvalue weighted by Gasteiger charge is -2.20. The normalized spacial score (nSPS) is 24.9. The van der Waals surface area contributed by atoms with Crippen LogP contribution in [0.4, 0.5) is 0 Å². The summed E-state index contributed by atoms with van der Waals surface area (Å²) in [6, 6.07) is 0. The van der Waals surface area contributed by atoms with Gasteiger partial charge in [0.05, 0.1) is 0 Å². The highest BCUT2D eigenvalue weighted by Crippen LogP contribution is 2.42. The van der Waals surface area contributed by atoms with E-state index < -0.39 is 5.97 Å². The molecule has 0 aromatic rings. The summed E-state index contributed by atoms with van der Waals surface area (Å²) < 4.78 is 0. The van der Waals surface area contributed by atoms with E-state index in [1.165, 1.54) is 0 Å². The molecular formula is C13H20O3. The Labute approximate surface area is 96.5 Å². The van der Waals surface area contributed by atoms with Crippen molar-refractivity contribution in [3.05, 3.63) is 11.1 Å². The molecule has 0 aromatic carbocycles. The highest BCUT2D eigenvalue weighted by Gasteiger charge is 2.40. The van der Waals surface area contributed by atoms with Crippen molar-refractivity contribution in [2.45, 2.75) is 52.9 Å². The third kappa shape index (κ3) is 2.71. The van der Waals surface area contributed by atoms with Gasteiger partial charge in [0, 0.05) is 11.8 Å². The van der Waals surface area contributed by atoms with E-state index >= 15 is 0 Å². The van der Waals surface area contributed by atoms with Crippen LogP contribution in [0.1, 0.15) is 52.9 Å². The van der Waals surface area contributed by atoms with Crippen LogP contribution in [0.25, 0.3) is 0 Å². The zero-order valence-corrected chi connectivity index (χ0v) is 10.3. The number of ketones is 1. The molecule has 0 aromatic heterocycles. The second-order valence-corrected chi connectivity index (χ2v) is 5.12. The molecule has 0 saturated heterocycles. The van der Waals surface area contributed by atoms with Crippen molar-refractivity contribution in [2.75, 3.05) is 0 Å². The van der Waals surface area contributed by atoms with Crippen LogP contribution >= 0.6 is 0 Å². The smallest absolute Gasteiger partial charge is 0.303 e. The first kappa shape index (κ1) is 12.9. The van der Waals surface area contributed by atoms with Gasteiger partial charge >= 0.3 is 5.97 Å². The zero-order valence-electron chi connectivity index (χ0n) is 10.3. The summed E-state index contributed by atoms with van der Waals surface area (Å²) in [5.74, 6) is -0.547. The summed E-state index contributed by atoms with van der Waals surface area (Å²) in [4.78, 5) is 22.6. The highest BCUT2D eigenvalue weighted by atomic mass is 16.4. The molecule has 0 bridgehead atoms. The van der Waals surface area contributed by atoms with E-state index in [4.69, 9.17) is 5.11 Å². The molecule has 1 unspecified atom stereocenters. The van der Waals surface area contributed by atoms with E-state index in [-0.39, 0.29) is 17.6 Å². The fourth-order valence-corrected chi connectivity index (χ4v) is 2.34. The Hall–Kier alpha value is -1.12. The Bertz CT molecular complexity index is 337. The van der Waals surface area contributed by atoms with Crippen LogP contribution in [0.2, 0.25) is 0 Å². The number of rotatable bonds is 4. The third-order valence-electron chi connectivity index (χ3n) is 3.47. The molecule has 1 aliphatic rings. The van der Waals surface area contributed by atoms with Gasteiger partial charge in [-0.2, -0.15) is 0 Å². The minimum absolute atomic E-state index is 0.160. The molecule has 3 heteroatoms. The molecule has 90 valence electrons. The summed E-state index contributed by atoms with van der Waals surface area (Å²) in [6.07, 6.45) is 3.16. The van der Waals surface area contributed by atoms with Crippen LogP contribution in [0.5, 0.6) is 0 Å². The molecule has 0 radical (unpaired) electrons. The van der Waals surface area contributed by atoms with Gasteiger partial charge in [0.1, 0.15) is 0 Å². The number of carboxylic acid groups (broad SMARTS) is 1. The molecule has 0 spiro atoms. The topological polar surface area (TPSA) is 54.4 Å². The number of carbonyl (C=O) groups excluding carboxylic acids is 1. The molecule has 1 atom stereocenters. The van der Waals surface area contributed by atoms with Gasteiger partial charge < -0.3 is 5.11 Å². The van der Waals surface area contributed by atoms with Crippen molar-refractivity contribution in [3.63, 3.8) is 0 Å². The van der Waals surface area contributed by atoms with Crippen molar-refractivity contribution in [2.24, 2.45) is 5.41 Å². The minimum atomic E-state index is -0.781. The molecule has 0 amide bonds. The predicted molar refractivity (Wildman–Crippen MR) is 62.2 cm³/mol. The van der Waals surface area contributed by atoms with Crippen molar-refractivity contribution in [1.82, 2.24) is 0 Å². The van der Waals surface area contributed by atoms with Gasteiger partial charge in [0.2, 0.25) is 0 Å². The molecule has 16 heavy (non-hydrogen) atoms. The monoisotopic (exact) mass is 224 g/mol. The number of hydrogen-bond donors (Lipinski definition) is 1. The lowest BCUT2D eigenvalue weighted by Crippen LogP contribution is -2.22. The SMILES string of the molecule is CC(C)=C1CCC(C)(CCCC(=O)O)C1=O. The molecule has 0 aliphatic heterocycles. The Morgan fingerprint density at radius 1 is 1.44 bits per heavy atom. The average molecular weight is 224 g/mol. The van der Waals surface area contributed by atoms with Gasteiger partial charge in [-0.15, -0.1) is 0 Å². The summed E-state index contributed by atoms with van der Waals surface area (Å²) >= 11 is 0. The van der Waals surface area contributed by atoms with E-state index in [0.29, 0.717) is 12.8 Å². The molecule has 3 nitrogen and oxygen atoms in total. The van der Waals surface area contributed by atoms with Crippen LogP contribution in [-0.2, 0) is 9.59 Å². The maximum absolute atomic E-state index is 12.1. The largest absolute Gasteiger partial charge is 0.481 e. The maximum atomic E-state index is 12.1. The first-order valence-electron chi connectivity index (χ1n) is 5.80. The van der Waals surface area contributed by atoms with Crippen LogP contribution in [-0.4, -0.2) is 16.9 Å². The molecule has 1 fully saturated rings. The van der Waals surface area contributed by atoms with E-state index in [1.54, 1.807) is 0 Å².